The first-order valence-corrected chi connectivity index (χ1v) is 23.9. The van der Waals surface area contributed by atoms with Crippen LogP contribution in [0.25, 0.3) is 0 Å². The molecular formula is C38H62Cl2N10O10S2. The fraction of sp³-hybridized carbons (Fsp3) is 0.526. The Morgan fingerprint density at radius 1 is 0.887 bits per heavy atom. The first-order chi connectivity index (χ1) is 29.1. The lowest BCUT2D eigenvalue weighted by Crippen LogP contribution is -2.30. The van der Waals surface area contributed by atoms with Crippen molar-refractivity contribution >= 4 is 72.7 Å². The first-order valence-electron chi connectivity index (χ1n) is 19.2. The van der Waals surface area contributed by atoms with Crippen LogP contribution < -0.4 is 26.8 Å². The number of aliphatic carboxylic acids is 1. The Hall–Kier alpha value is -4.42. The van der Waals surface area contributed by atoms with Gasteiger partial charge in [0.1, 0.15) is 0 Å². The second kappa shape index (κ2) is 32.3. The average molecular weight is 954 g/mol. The molecule has 0 aliphatic heterocycles. The van der Waals surface area contributed by atoms with Gasteiger partial charge in [0.15, 0.2) is 5.69 Å². The zero-order valence-corrected chi connectivity index (χ0v) is 39.4. The maximum Gasteiger partial charge on any atom is 0.303 e. The Morgan fingerprint density at radius 3 is 1.85 bits per heavy atom. The van der Waals surface area contributed by atoms with E-state index in [0.29, 0.717) is 36.6 Å². The van der Waals surface area contributed by atoms with Crippen molar-refractivity contribution in [3.63, 3.8) is 0 Å². The number of unbranched alkanes of at least 4 members (excludes halogenated alkanes) is 1. The number of carbonyl (C=O) groups is 3. The van der Waals surface area contributed by atoms with Crippen LogP contribution in [0, 0.1) is 0 Å². The lowest BCUT2D eigenvalue weighted by Gasteiger charge is -2.23. The molecule has 20 nitrogen and oxygen atoms in total. The zero-order chi connectivity index (χ0) is 47.1. The smallest absolute Gasteiger partial charge is 0.303 e. The molecule has 0 radical (unpaired) electrons. The van der Waals surface area contributed by atoms with Crippen LogP contribution in [-0.4, -0.2) is 132 Å². The van der Waals surface area contributed by atoms with Crippen molar-refractivity contribution in [2.45, 2.75) is 58.5 Å². The molecule has 0 aliphatic rings. The number of imidazole rings is 1. The maximum atomic E-state index is 11.6. The van der Waals surface area contributed by atoms with Gasteiger partial charge in [-0.2, -0.15) is 16.8 Å². The topological polar surface area (TPSA) is 280 Å². The van der Waals surface area contributed by atoms with Crippen LogP contribution in [0.15, 0.2) is 65.2 Å². The van der Waals surface area contributed by atoms with Gasteiger partial charge >= 0.3 is 5.97 Å². The number of halogens is 2. The van der Waals surface area contributed by atoms with Crippen molar-refractivity contribution < 1.29 is 44.7 Å². The summed E-state index contributed by atoms with van der Waals surface area (Å²) in [4.78, 5) is 41.3. The van der Waals surface area contributed by atoms with E-state index in [1.165, 1.54) is 11.3 Å². The number of aromatic nitrogens is 2. The number of nitrogens with one attached hydrogen (secondary N) is 4. The molecule has 0 atom stereocenters. The summed E-state index contributed by atoms with van der Waals surface area (Å²) in [5, 5.41) is 20.3. The summed E-state index contributed by atoms with van der Waals surface area (Å²) in [5.41, 5.74) is 15.1. The standard InChI is InChI=1S/C14H19Cl2NO2.C12H19N3O.C6H10N6O.C6H14O6S2/c15-8-10-17(11-9-16)13-6-4-12(5-7-13)2-1-3-14(18)19;1-9(2)15-12(16)11-6-4-10(5-7-11)8-14-13-3;1-12(2)11-10-6-4(5(7)13)8-3-9-6;1-13(7,8)11-5-3-4-6-12-14(2,9)10/h4-7H,1-3,8-11H2,(H,18,19);4-7,9,13-14H,8H2,1-3H3,(H,15,16);3H,1-2H3,(H2,7,13)(H,8,9);3-6H2,1-2H3. The van der Waals surface area contributed by atoms with E-state index in [4.69, 9.17) is 34.0 Å². The summed E-state index contributed by atoms with van der Waals surface area (Å²) in [6, 6.07) is 15.9. The molecule has 3 aromatic rings. The second-order valence-corrected chi connectivity index (χ2v) is 17.5. The zero-order valence-electron chi connectivity index (χ0n) is 36.3. The molecule has 0 saturated heterocycles. The number of amides is 2. The van der Waals surface area contributed by atoms with Gasteiger partial charge in [-0.25, -0.2) is 4.98 Å². The minimum Gasteiger partial charge on any atom is -0.481 e. The van der Waals surface area contributed by atoms with Crippen LogP contribution in [0.1, 0.15) is 71.5 Å². The van der Waals surface area contributed by atoms with Crippen LogP contribution in [0.2, 0.25) is 0 Å². The predicted octanol–water partition coefficient (Wildman–Crippen LogP) is 4.21. The number of alkyl halides is 2. The van der Waals surface area contributed by atoms with E-state index in [0.717, 1.165) is 55.4 Å². The molecule has 0 fully saturated rings. The third kappa shape index (κ3) is 30.6. The monoisotopic (exact) mass is 952 g/mol. The molecule has 350 valence electrons. The number of aryl methyl sites for hydroxylation is 1. The lowest BCUT2D eigenvalue weighted by molar-refractivity contribution is -0.137. The highest BCUT2D eigenvalue weighted by molar-refractivity contribution is 7.86. The third-order valence-corrected chi connectivity index (χ3v) is 8.82. The fourth-order valence-corrected chi connectivity index (χ4v) is 5.75. The van der Waals surface area contributed by atoms with Gasteiger partial charge in [-0.05, 0) is 82.0 Å². The Balaban J connectivity index is 0.000000809. The van der Waals surface area contributed by atoms with Crippen molar-refractivity contribution in [2.24, 2.45) is 16.1 Å². The molecule has 24 heteroatoms. The number of rotatable bonds is 24. The molecule has 0 bridgehead atoms. The number of anilines is 1. The summed E-state index contributed by atoms with van der Waals surface area (Å²) in [7, 11) is -1.56. The van der Waals surface area contributed by atoms with E-state index >= 15 is 0 Å². The van der Waals surface area contributed by atoms with Crippen molar-refractivity contribution in [3.8, 4) is 0 Å². The molecule has 7 N–H and O–H groups in total. The number of hydrogen-bond donors (Lipinski definition) is 6. The Kier molecular flexibility index (Phi) is 30.0. The number of carboxylic acids is 1. The molecule has 0 aliphatic carbocycles. The minimum absolute atomic E-state index is 0.0249. The summed E-state index contributed by atoms with van der Waals surface area (Å²) in [6.45, 7) is 6.27. The van der Waals surface area contributed by atoms with Crippen molar-refractivity contribution in [3.05, 3.63) is 77.2 Å². The third-order valence-electron chi connectivity index (χ3n) is 7.29. The van der Waals surface area contributed by atoms with E-state index < -0.39 is 32.1 Å². The van der Waals surface area contributed by atoms with Gasteiger partial charge in [0.05, 0.1) is 32.1 Å². The number of primary amides is 1. The SMILES string of the molecule is CN(C)N=Nc1nc[nH]c1C(N)=O.CNNCc1ccc(C(=O)NC(C)C)cc1.CS(=O)(=O)OCCCCOS(C)(=O)=O.O=C(O)CCCc1ccc(N(CCCl)CCCl)cc1. The molecule has 2 aromatic carbocycles. The van der Waals surface area contributed by atoms with Gasteiger partial charge in [-0.15, -0.1) is 28.3 Å². The van der Waals surface area contributed by atoms with E-state index in [2.05, 4.69) is 49.7 Å². The van der Waals surface area contributed by atoms with Crippen LogP contribution in [0.4, 0.5) is 11.5 Å². The van der Waals surface area contributed by atoms with Gasteiger partial charge < -0.3 is 26.0 Å². The van der Waals surface area contributed by atoms with Crippen LogP contribution in [0.5, 0.6) is 0 Å². The number of hydrogen-bond acceptors (Lipinski definition) is 15. The minimum atomic E-state index is -3.40. The van der Waals surface area contributed by atoms with Crippen LogP contribution in [-0.2, 0) is 46.4 Å². The predicted molar refractivity (Wildman–Crippen MR) is 242 cm³/mol. The average Bonchev–Trinajstić information content (AvgIpc) is 3.67. The number of nitrogens with two attached hydrogens (primary N) is 1. The van der Waals surface area contributed by atoms with E-state index in [1.807, 2.05) is 69.4 Å². The van der Waals surface area contributed by atoms with Gasteiger partial charge in [-0.3, -0.25) is 38.6 Å². The Bertz CT molecular complexity index is 1930. The molecule has 1 aromatic heterocycles. The number of benzene rings is 2. The number of nitrogens with zero attached hydrogens (tertiary/aromatic N) is 5. The fourth-order valence-electron chi connectivity index (χ4n) is 4.50. The number of aromatic amines is 1. The largest absolute Gasteiger partial charge is 0.481 e. The van der Waals surface area contributed by atoms with Gasteiger partial charge in [0, 0.05) is 69.2 Å². The molecule has 0 saturated carbocycles. The number of carboxylic acid groups (broad SMARTS) is 1. The molecule has 2 amide bonds. The van der Waals surface area contributed by atoms with E-state index in [1.54, 1.807) is 14.1 Å². The highest BCUT2D eigenvalue weighted by atomic mass is 35.5. The summed E-state index contributed by atoms with van der Waals surface area (Å²) >= 11 is 11.5. The van der Waals surface area contributed by atoms with Crippen molar-refractivity contribution in [2.75, 3.05) is 76.6 Å². The number of hydrazine groups is 1. The van der Waals surface area contributed by atoms with Gasteiger partial charge in [0.25, 0.3) is 32.1 Å². The Morgan fingerprint density at radius 2 is 1.42 bits per heavy atom. The van der Waals surface area contributed by atoms with Crippen molar-refractivity contribution in [1.29, 1.82) is 0 Å². The van der Waals surface area contributed by atoms with Gasteiger partial charge in [-0.1, -0.05) is 29.5 Å². The normalized spacial score (nSPS) is 11.1. The second-order valence-electron chi connectivity index (χ2n) is 13.5. The molecule has 0 spiro atoms. The number of H-pyrrole nitrogens is 1. The summed E-state index contributed by atoms with van der Waals surface area (Å²) in [5.74, 6) is -0.0457. The molecule has 62 heavy (non-hydrogen) atoms. The lowest BCUT2D eigenvalue weighted by atomic mass is 10.1. The maximum absolute atomic E-state index is 11.6. The van der Waals surface area contributed by atoms with E-state index in [-0.39, 0.29) is 43.1 Å². The summed E-state index contributed by atoms with van der Waals surface area (Å²) in [6.07, 6.45) is 5.79. The highest BCUT2D eigenvalue weighted by Gasteiger charge is 2.10. The van der Waals surface area contributed by atoms with Crippen LogP contribution >= 0.6 is 23.2 Å². The molecular weight excluding hydrogens is 892 g/mol. The molecule has 1 heterocycles. The highest BCUT2D eigenvalue weighted by Crippen LogP contribution is 2.17. The summed E-state index contributed by atoms with van der Waals surface area (Å²) < 4.78 is 50.8. The van der Waals surface area contributed by atoms with Crippen LogP contribution in [0.3, 0.4) is 0 Å². The quantitative estimate of drug-likeness (QED) is 0.0241. The first kappa shape index (κ1) is 57.6. The molecule has 0 unspecified atom stereocenters. The number of carbonyl (C=O) groups excluding carboxylic acids is 2. The Labute approximate surface area is 375 Å². The van der Waals surface area contributed by atoms with Crippen molar-refractivity contribution in [1.82, 2.24) is 31.1 Å². The van der Waals surface area contributed by atoms with E-state index in [9.17, 15) is 31.2 Å². The van der Waals surface area contributed by atoms with Gasteiger partial charge in [0.2, 0.25) is 5.82 Å². The molecule has 3 rings (SSSR count).